The third kappa shape index (κ3) is 2.29. The minimum Gasteiger partial charge on any atom is -0.343 e. The highest BCUT2D eigenvalue weighted by atomic mass is 32.2. The highest BCUT2D eigenvalue weighted by Gasteiger charge is 2.34. The van der Waals surface area contributed by atoms with Crippen LogP contribution in [0, 0.1) is 0 Å². The second kappa shape index (κ2) is 5.64. The molecule has 3 aromatic rings. The van der Waals surface area contributed by atoms with Gasteiger partial charge < -0.3 is 4.90 Å². The summed E-state index contributed by atoms with van der Waals surface area (Å²) in [4.78, 5) is 11.9. The molecule has 24 heavy (non-hydrogen) atoms. The molecule has 1 atom stereocenters. The molecule has 1 fully saturated rings. The van der Waals surface area contributed by atoms with Gasteiger partial charge in [0.15, 0.2) is 5.17 Å². The first-order valence-electron chi connectivity index (χ1n) is 8.27. The van der Waals surface area contributed by atoms with Crippen LogP contribution in [0.3, 0.4) is 0 Å². The fourth-order valence-electron chi connectivity index (χ4n) is 3.60. The fraction of sp³-hybridized carbons (Fsp3) is 0.200. The van der Waals surface area contributed by atoms with Gasteiger partial charge in [-0.15, -0.1) is 0 Å². The average molecular weight is 331 g/mol. The van der Waals surface area contributed by atoms with Crippen LogP contribution >= 0.6 is 11.8 Å². The number of hydrogen-bond acceptors (Lipinski definition) is 3. The van der Waals surface area contributed by atoms with Crippen LogP contribution in [-0.2, 0) is 13.0 Å². The van der Waals surface area contributed by atoms with Gasteiger partial charge in [-0.3, -0.25) is 4.98 Å². The summed E-state index contributed by atoms with van der Waals surface area (Å²) >= 11 is 1.88. The molecule has 0 bridgehead atoms. The van der Waals surface area contributed by atoms with Crippen LogP contribution in [0.15, 0.2) is 65.8 Å². The maximum Gasteiger partial charge on any atom is 0.165 e. The molecule has 3 nitrogen and oxygen atoms in total. The van der Waals surface area contributed by atoms with Gasteiger partial charge in [-0.1, -0.05) is 42.1 Å². The third-order valence-corrected chi connectivity index (χ3v) is 5.98. The van der Waals surface area contributed by atoms with Gasteiger partial charge in [0.1, 0.15) is 0 Å². The first-order valence-corrected chi connectivity index (χ1v) is 9.26. The van der Waals surface area contributed by atoms with Crippen LogP contribution < -0.4 is 0 Å². The molecule has 1 saturated heterocycles. The van der Waals surface area contributed by atoms with Crippen molar-refractivity contribution in [2.75, 3.05) is 5.75 Å². The van der Waals surface area contributed by atoms with Crippen LogP contribution in [0.5, 0.6) is 0 Å². The van der Waals surface area contributed by atoms with Crippen LogP contribution in [0.1, 0.15) is 11.1 Å². The van der Waals surface area contributed by atoms with Crippen LogP contribution in [0.25, 0.3) is 10.9 Å². The zero-order chi connectivity index (χ0) is 15.9. The van der Waals surface area contributed by atoms with E-state index in [0.29, 0.717) is 6.04 Å². The van der Waals surface area contributed by atoms with Crippen molar-refractivity contribution < 1.29 is 0 Å². The number of rotatable bonds is 1. The molecule has 1 aromatic heterocycles. The number of aromatic nitrogens is 1. The number of thioether (sulfide) groups is 1. The van der Waals surface area contributed by atoms with Crippen LogP contribution in [0.4, 0.5) is 5.69 Å². The Kier molecular flexibility index (Phi) is 3.30. The number of fused-ring (bicyclic) bond motifs is 3. The molecular formula is C20H17N3S. The summed E-state index contributed by atoms with van der Waals surface area (Å²) in [6.07, 6.45) is 2.96. The lowest BCUT2D eigenvalue weighted by Crippen LogP contribution is -2.38. The van der Waals surface area contributed by atoms with Gasteiger partial charge in [0.2, 0.25) is 0 Å². The summed E-state index contributed by atoms with van der Waals surface area (Å²) < 4.78 is 0. The molecule has 0 N–H and O–H groups in total. The minimum atomic E-state index is 0.566. The summed E-state index contributed by atoms with van der Waals surface area (Å²) in [5.74, 6) is 1.12. The summed E-state index contributed by atoms with van der Waals surface area (Å²) in [6.45, 7) is 0.968. The van der Waals surface area contributed by atoms with Crippen molar-refractivity contribution in [1.29, 1.82) is 0 Å². The summed E-state index contributed by atoms with van der Waals surface area (Å²) in [5.41, 5.74) is 4.95. The number of hydrogen-bond donors (Lipinski definition) is 0. The highest BCUT2D eigenvalue weighted by Crippen LogP contribution is 2.35. The van der Waals surface area contributed by atoms with E-state index in [0.717, 1.165) is 40.5 Å². The Morgan fingerprint density at radius 2 is 1.92 bits per heavy atom. The van der Waals surface area contributed by atoms with E-state index in [1.54, 1.807) is 0 Å². The zero-order valence-electron chi connectivity index (χ0n) is 13.2. The van der Waals surface area contributed by atoms with Crippen molar-refractivity contribution in [3.8, 4) is 0 Å². The maximum atomic E-state index is 5.01. The fourth-order valence-corrected chi connectivity index (χ4v) is 4.78. The predicted octanol–water partition coefficient (Wildman–Crippen LogP) is 4.40. The van der Waals surface area contributed by atoms with E-state index < -0.39 is 0 Å². The lowest BCUT2D eigenvalue weighted by Gasteiger charge is -2.32. The van der Waals surface area contributed by atoms with Crippen molar-refractivity contribution in [3.63, 3.8) is 0 Å². The minimum absolute atomic E-state index is 0.566. The van der Waals surface area contributed by atoms with E-state index in [2.05, 4.69) is 46.3 Å². The van der Waals surface area contributed by atoms with Gasteiger partial charge in [-0.2, -0.15) is 0 Å². The van der Waals surface area contributed by atoms with E-state index in [4.69, 9.17) is 4.99 Å². The number of pyridine rings is 1. The molecule has 5 rings (SSSR count). The van der Waals surface area contributed by atoms with Crippen LogP contribution in [0.2, 0.25) is 0 Å². The van der Waals surface area contributed by atoms with Crippen LogP contribution in [-0.4, -0.2) is 26.8 Å². The lowest BCUT2D eigenvalue weighted by atomic mass is 9.95. The van der Waals surface area contributed by atoms with Crippen molar-refractivity contribution >= 4 is 33.5 Å². The number of aliphatic imine (C=N–C) groups is 1. The zero-order valence-corrected chi connectivity index (χ0v) is 14.0. The smallest absolute Gasteiger partial charge is 0.165 e. The van der Waals surface area contributed by atoms with Crippen molar-refractivity contribution in [1.82, 2.24) is 9.88 Å². The summed E-state index contributed by atoms with van der Waals surface area (Å²) in [7, 11) is 0. The van der Waals surface area contributed by atoms with Gasteiger partial charge in [0.05, 0.1) is 11.2 Å². The molecule has 0 aliphatic carbocycles. The molecule has 2 aromatic carbocycles. The summed E-state index contributed by atoms with van der Waals surface area (Å²) in [6, 6.07) is 19.6. The third-order valence-electron chi connectivity index (χ3n) is 4.84. The molecule has 0 saturated carbocycles. The molecule has 2 aliphatic heterocycles. The Balaban J connectivity index is 1.55. The molecule has 3 heterocycles. The molecule has 0 unspecified atom stereocenters. The normalized spacial score (nSPS) is 21.1. The number of amidine groups is 1. The van der Waals surface area contributed by atoms with Gasteiger partial charge >= 0.3 is 0 Å². The maximum absolute atomic E-state index is 5.01. The van der Waals surface area contributed by atoms with Gasteiger partial charge in [0.25, 0.3) is 0 Å². The number of nitrogens with zero attached hydrogens (tertiary/aromatic N) is 3. The Morgan fingerprint density at radius 3 is 2.88 bits per heavy atom. The van der Waals surface area contributed by atoms with Gasteiger partial charge in [-0.25, -0.2) is 4.99 Å². The highest BCUT2D eigenvalue weighted by molar-refractivity contribution is 8.14. The molecule has 0 amide bonds. The van der Waals surface area contributed by atoms with Gasteiger partial charge in [-0.05, 0) is 41.8 Å². The van der Waals surface area contributed by atoms with E-state index in [1.165, 1.54) is 11.1 Å². The monoisotopic (exact) mass is 331 g/mol. The first-order chi connectivity index (χ1) is 11.9. The van der Waals surface area contributed by atoms with Crippen molar-refractivity contribution in [2.24, 2.45) is 4.99 Å². The average Bonchev–Trinajstić information content (AvgIpc) is 3.02. The van der Waals surface area contributed by atoms with Crippen molar-refractivity contribution in [3.05, 3.63) is 71.9 Å². The Hall–Kier alpha value is -2.33. The first kappa shape index (κ1) is 14.1. The summed E-state index contributed by atoms with van der Waals surface area (Å²) in [5, 5.41) is 2.26. The molecule has 2 aliphatic rings. The van der Waals surface area contributed by atoms with E-state index in [9.17, 15) is 0 Å². The topological polar surface area (TPSA) is 28.5 Å². The van der Waals surface area contributed by atoms with Crippen molar-refractivity contribution in [2.45, 2.75) is 19.0 Å². The lowest BCUT2D eigenvalue weighted by molar-refractivity contribution is 0.320. The van der Waals surface area contributed by atoms with E-state index >= 15 is 0 Å². The Labute approximate surface area is 145 Å². The van der Waals surface area contributed by atoms with E-state index in [1.807, 2.05) is 36.2 Å². The second-order valence-corrected chi connectivity index (χ2v) is 7.29. The molecule has 0 radical (unpaired) electrons. The molecule has 118 valence electrons. The predicted molar refractivity (Wildman–Crippen MR) is 101 cm³/mol. The molecular weight excluding hydrogens is 314 g/mol. The van der Waals surface area contributed by atoms with E-state index in [-0.39, 0.29) is 0 Å². The number of benzene rings is 2. The quantitative estimate of drug-likeness (QED) is 0.662. The largest absolute Gasteiger partial charge is 0.343 e. The SMILES string of the molecule is c1ccc2c(c1)C[C@H]1CSC(=Nc3cccc4ncccc34)N1C2. The molecule has 4 heteroatoms. The Bertz CT molecular complexity index is 945. The second-order valence-electron chi connectivity index (χ2n) is 6.31. The molecule has 0 spiro atoms. The standard InChI is InChI=1S/C20H17N3S/c1-2-6-15-12-23-16(11-14(15)5-1)13-24-20(23)22-19-9-3-8-18-17(19)7-4-10-21-18/h1-10,16H,11-13H2/t16-/m0/s1. The Morgan fingerprint density at radius 1 is 1.00 bits per heavy atom. The van der Waals surface area contributed by atoms with Gasteiger partial charge in [0, 0.05) is 29.9 Å².